The molecule has 0 saturated carbocycles. The van der Waals surface area contributed by atoms with Gasteiger partial charge in [0, 0.05) is 12.1 Å². The second-order valence-electron chi connectivity index (χ2n) is 5.22. The van der Waals surface area contributed by atoms with Gasteiger partial charge in [-0.1, -0.05) is 42.2 Å². The zero-order valence-electron chi connectivity index (χ0n) is 13.4. The van der Waals surface area contributed by atoms with Crippen LogP contribution in [0.3, 0.4) is 0 Å². The van der Waals surface area contributed by atoms with Crippen LogP contribution in [0.2, 0.25) is 0 Å². The van der Waals surface area contributed by atoms with Gasteiger partial charge < -0.3 is 5.11 Å². The molecule has 3 rings (SSSR count). The quantitative estimate of drug-likeness (QED) is 0.349. The Balaban J connectivity index is 1.87. The molecular weight excluding hydrogens is 392 g/mol. The summed E-state index contributed by atoms with van der Waals surface area (Å²) in [6.45, 7) is 0. The number of carboxylic acid groups (broad SMARTS) is 1. The van der Waals surface area contributed by atoms with Crippen LogP contribution < -0.4 is 4.90 Å². The molecule has 1 heterocycles. The standard InChI is InChI=1S/C16H10N4O5S2/c21-14-13(27-16(26)19(14)9-4-2-1-3-5-9)18-17-12-7-6-10(20(24)25)8-11(12)15(22)23/h1-8,13H,(H,22,23). The highest BCUT2D eigenvalue weighted by Gasteiger charge is 2.38. The number of nitro benzene ring substituents is 1. The molecule has 0 aromatic heterocycles. The molecule has 1 N–H and O–H groups in total. The predicted octanol–water partition coefficient (Wildman–Crippen LogP) is 3.77. The number of nitrogens with zero attached hydrogens (tertiary/aromatic N) is 4. The zero-order valence-corrected chi connectivity index (χ0v) is 15.0. The molecule has 0 radical (unpaired) electrons. The third-order valence-electron chi connectivity index (χ3n) is 3.53. The maximum atomic E-state index is 12.6. The summed E-state index contributed by atoms with van der Waals surface area (Å²) < 4.78 is 0.303. The molecule has 27 heavy (non-hydrogen) atoms. The van der Waals surface area contributed by atoms with Gasteiger partial charge in [0.15, 0.2) is 0 Å². The highest BCUT2D eigenvalue weighted by Crippen LogP contribution is 2.34. The SMILES string of the molecule is O=C(O)c1cc([N+](=O)[O-])ccc1N=NC1SC(=S)N(c2ccccc2)C1=O. The van der Waals surface area contributed by atoms with E-state index in [4.69, 9.17) is 12.2 Å². The molecule has 9 nitrogen and oxygen atoms in total. The van der Waals surface area contributed by atoms with Crippen LogP contribution in [0.1, 0.15) is 10.4 Å². The third-order valence-corrected chi connectivity index (χ3v) is 4.91. The molecule has 1 aliphatic rings. The lowest BCUT2D eigenvalue weighted by Crippen LogP contribution is -2.30. The highest BCUT2D eigenvalue weighted by molar-refractivity contribution is 8.25. The van der Waals surface area contributed by atoms with Gasteiger partial charge in [-0.2, -0.15) is 10.2 Å². The molecule has 0 aliphatic carbocycles. The predicted molar refractivity (Wildman–Crippen MR) is 102 cm³/mol. The van der Waals surface area contributed by atoms with Crippen LogP contribution >= 0.6 is 24.0 Å². The van der Waals surface area contributed by atoms with Crippen molar-refractivity contribution in [1.29, 1.82) is 0 Å². The fourth-order valence-electron chi connectivity index (χ4n) is 2.29. The Morgan fingerprint density at radius 1 is 1.26 bits per heavy atom. The first-order chi connectivity index (χ1) is 12.9. The van der Waals surface area contributed by atoms with E-state index in [1.165, 1.54) is 11.0 Å². The molecule has 1 amide bonds. The number of thioether (sulfide) groups is 1. The number of anilines is 1. The van der Waals surface area contributed by atoms with E-state index < -0.39 is 22.2 Å². The minimum Gasteiger partial charge on any atom is -0.478 e. The van der Waals surface area contributed by atoms with Crippen molar-refractivity contribution in [3.05, 3.63) is 64.2 Å². The summed E-state index contributed by atoms with van der Waals surface area (Å²) in [7, 11) is 0. The molecule has 1 fully saturated rings. The third kappa shape index (κ3) is 3.83. The van der Waals surface area contributed by atoms with Gasteiger partial charge in [-0.3, -0.25) is 19.8 Å². The summed E-state index contributed by atoms with van der Waals surface area (Å²) in [4.78, 5) is 35.3. The van der Waals surface area contributed by atoms with E-state index in [0.717, 1.165) is 23.9 Å². The number of non-ortho nitro benzene ring substituents is 1. The second-order valence-corrected chi connectivity index (χ2v) is 6.94. The largest absolute Gasteiger partial charge is 0.478 e. The topological polar surface area (TPSA) is 125 Å². The first kappa shape index (κ1) is 18.6. The molecule has 2 aromatic carbocycles. The second kappa shape index (κ2) is 7.60. The molecule has 1 saturated heterocycles. The van der Waals surface area contributed by atoms with Crippen LogP contribution in [0.15, 0.2) is 58.8 Å². The van der Waals surface area contributed by atoms with E-state index in [1.54, 1.807) is 30.3 Å². The number of carbonyl (C=O) groups excluding carboxylic acids is 1. The summed E-state index contributed by atoms with van der Waals surface area (Å²) >= 11 is 6.23. The Labute approximate surface area is 161 Å². The molecular formula is C16H10N4O5S2. The molecule has 1 atom stereocenters. The average Bonchev–Trinajstić information content (AvgIpc) is 2.93. The lowest BCUT2D eigenvalue weighted by Gasteiger charge is -2.14. The number of para-hydroxylation sites is 1. The van der Waals surface area contributed by atoms with Gasteiger partial charge in [-0.25, -0.2) is 4.79 Å². The van der Waals surface area contributed by atoms with E-state index >= 15 is 0 Å². The maximum Gasteiger partial charge on any atom is 0.338 e. The molecule has 11 heteroatoms. The van der Waals surface area contributed by atoms with E-state index in [9.17, 15) is 24.8 Å². The van der Waals surface area contributed by atoms with Gasteiger partial charge in [0.25, 0.3) is 11.6 Å². The number of carbonyl (C=O) groups is 2. The van der Waals surface area contributed by atoms with Crippen molar-refractivity contribution in [2.45, 2.75) is 5.37 Å². The van der Waals surface area contributed by atoms with Crippen molar-refractivity contribution >= 4 is 57.2 Å². The Morgan fingerprint density at radius 2 is 1.96 bits per heavy atom. The molecule has 2 aromatic rings. The number of nitro groups is 1. The van der Waals surface area contributed by atoms with Crippen LogP contribution in [0.25, 0.3) is 0 Å². The summed E-state index contributed by atoms with van der Waals surface area (Å²) in [6.07, 6.45) is 0. The van der Waals surface area contributed by atoms with Crippen molar-refractivity contribution in [2.24, 2.45) is 10.2 Å². The van der Waals surface area contributed by atoms with Crippen molar-refractivity contribution in [3.63, 3.8) is 0 Å². The van der Waals surface area contributed by atoms with Crippen molar-refractivity contribution in [2.75, 3.05) is 4.90 Å². The Kier molecular flexibility index (Phi) is 5.23. The Hall–Kier alpha value is -3.18. The van der Waals surface area contributed by atoms with Gasteiger partial charge in [0.2, 0.25) is 5.37 Å². The van der Waals surface area contributed by atoms with Gasteiger partial charge in [-0.15, -0.1) is 0 Å². The Morgan fingerprint density at radius 3 is 2.59 bits per heavy atom. The fourth-order valence-corrected chi connectivity index (χ4v) is 3.55. The van der Waals surface area contributed by atoms with Gasteiger partial charge in [-0.05, 0) is 18.2 Å². The smallest absolute Gasteiger partial charge is 0.338 e. The number of hydrogen-bond acceptors (Lipinski definition) is 8. The summed E-state index contributed by atoms with van der Waals surface area (Å²) in [5.41, 5.74) is -0.259. The minimum absolute atomic E-state index is 0.0921. The normalized spacial score (nSPS) is 16.9. The molecule has 1 unspecified atom stereocenters. The summed E-state index contributed by atoms with van der Waals surface area (Å²) in [6, 6.07) is 12.0. The monoisotopic (exact) mass is 402 g/mol. The molecule has 1 aliphatic heterocycles. The van der Waals surface area contributed by atoms with Crippen LogP contribution in [0, 0.1) is 10.1 Å². The lowest BCUT2D eigenvalue weighted by molar-refractivity contribution is -0.384. The lowest BCUT2D eigenvalue weighted by atomic mass is 10.1. The van der Waals surface area contributed by atoms with Crippen LogP contribution in [-0.2, 0) is 4.79 Å². The number of azo groups is 1. The van der Waals surface area contributed by atoms with Crippen LogP contribution in [0.5, 0.6) is 0 Å². The maximum absolute atomic E-state index is 12.6. The van der Waals surface area contributed by atoms with E-state index in [0.29, 0.717) is 10.0 Å². The fraction of sp³-hybridized carbons (Fsp3) is 0.0625. The Bertz CT molecular complexity index is 980. The molecule has 0 bridgehead atoms. The van der Waals surface area contributed by atoms with Gasteiger partial charge in [0.1, 0.15) is 10.0 Å². The number of aromatic carboxylic acids is 1. The van der Waals surface area contributed by atoms with Crippen LogP contribution in [-0.4, -0.2) is 31.6 Å². The van der Waals surface area contributed by atoms with E-state index in [-0.39, 0.29) is 16.9 Å². The van der Waals surface area contributed by atoms with E-state index in [2.05, 4.69) is 10.2 Å². The number of hydrogen-bond donors (Lipinski definition) is 1. The molecule has 0 spiro atoms. The van der Waals surface area contributed by atoms with Gasteiger partial charge in [0.05, 0.1) is 16.2 Å². The number of rotatable bonds is 5. The van der Waals surface area contributed by atoms with Gasteiger partial charge >= 0.3 is 5.97 Å². The van der Waals surface area contributed by atoms with Crippen LogP contribution in [0.4, 0.5) is 17.1 Å². The summed E-state index contributed by atoms with van der Waals surface area (Å²) in [5, 5.41) is 26.8. The first-order valence-electron chi connectivity index (χ1n) is 7.40. The van der Waals surface area contributed by atoms with E-state index in [1.807, 2.05) is 0 Å². The highest BCUT2D eigenvalue weighted by atomic mass is 32.2. The van der Waals surface area contributed by atoms with Crippen molar-refractivity contribution in [1.82, 2.24) is 0 Å². The van der Waals surface area contributed by atoms with Crippen molar-refractivity contribution < 1.29 is 19.6 Å². The number of amides is 1. The minimum atomic E-state index is -1.39. The average molecular weight is 402 g/mol. The number of benzene rings is 2. The number of thiocarbonyl (C=S) groups is 1. The first-order valence-corrected chi connectivity index (χ1v) is 8.69. The number of carboxylic acids is 1. The molecule has 136 valence electrons. The summed E-state index contributed by atoms with van der Waals surface area (Å²) in [5.74, 6) is -1.79. The zero-order chi connectivity index (χ0) is 19.6. The van der Waals surface area contributed by atoms with Crippen molar-refractivity contribution in [3.8, 4) is 0 Å².